The van der Waals surface area contributed by atoms with Gasteiger partial charge < -0.3 is 10.2 Å². The summed E-state index contributed by atoms with van der Waals surface area (Å²) < 4.78 is 12.5. The van der Waals surface area contributed by atoms with Crippen molar-refractivity contribution in [3.8, 4) is 5.75 Å². The molecule has 0 atom stereocenters. The number of carbonyl (C=O) groups is 1. The van der Waals surface area contributed by atoms with Crippen LogP contribution in [-0.2, 0) is 4.79 Å². The van der Waals surface area contributed by atoms with E-state index in [9.17, 15) is 14.3 Å². The maximum Gasteiger partial charge on any atom is 0.364 e. The Balaban J connectivity index is 2.92. The zero-order valence-corrected chi connectivity index (χ0v) is 6.53. The van der Waals surface area contributed by atoms with Crippen LogP contribution in [0.4, 0.5) is 4.39 Å². The van der Waals surface area contributed by atoms with E-state index in [1.54, 1.807) is 0 Å². The highest BCUT2D eigenvalue weighted by Gasteiger charge is 2.03. The van der Waals surface area contributed by atoms with Crippen LogP contribution >= 0.6 is 0 Å². The van der Waals surface area contributed by atoms with Crippen molar-refractivity contribution in [2.45, 2.75) is 0 Å². The molecule has 13 heavy (non-hydrogen) atoms. The second-order valence-electron chi connectivity index (χ2n) is 2.37. The topological polar surface area (TPSA) is 60.4 Å². The van der Waals surface area contributed by atoms with Crippen molar-refractivity contribution in [2.75, 3.05) is 0 Å². The van der Waals surface area contributed by atoms with Crippen LogP contribution in [0.25, 0.3) is 6.08 Å². The Bertz CT molecular complexity index is 340. The van der Waals surface area contributed by atoms with Crippen molar-refractivity contribution < 1.29 is 19.4 Å². The summed E-state index contributed by atoms with van der Waals surface area (Å²) in [6, 6.07) is 5.18. The molecule has 0 unspecified atom stereocenters. The Labute approximate surface area is 73.8 Å². The quantitative estimate of drug-likeness (QED) is 0.696. The van der Waals surface area contributed by atoms with Gasteiger partial charge >= 0.3 is 5.97 Å². The Kier molecular flexibility index (Phi) is 2.64. The van der Waals surface area contributed by atoms with Gasteiger partial charge in [0.05, 0.1) is 0 Å². The number of halogens is 1. The normalized spacial score (nSPS) is 11.3. The molecule has 0 aliphatic carbocycles. The minimum Gasteiger partial charge on any atom is -0.872 e. The lowest BCUT2D eigenvalue weighted by Gasteiger charge is -2.02. The lowest BCUT2D eigenvalue weighted by molar-refractivity contribution is -0.268. The largest absolute Gasteiger partial charge is 0.872 e. The maximum absolute atomic E-state index is 12.5. The van der Waals surface area contributed by atoms with Gasteiger partial charge in [-0.2, -0.15) is 4.39 Å². The molecule has 0 spiro atoms. The van der Waals surface area contributed by atoms with Crippen molar-refractivity contribution in [2.24, 2.45) is 0 Å². The molecule has 0 bridgehead atoms. The van der Waals surface area contributed by atoms with E-state index in [1.165, 1.54) is 24.3 Å². The smallest absolute Gasteiger partial charge is 0.364 e. The fraction of sp³-hybridized carbons (Fsp3) is 0. The lowest BCUT2D eigenvalue weighted by Crippen LogP contribution is -1.94. The summed E-state index contributed by atoms with van der Waals surface area (Å²) in [4.78, 5) is 10.1. The summed E-state index contributed by atoms with van der Waals surface area (Å²) in [7, 11) is 0. The molecule has 0 heterocycles. The highest BCUT2D eigenvalue weighted by molar-refractivity contribution is 5.89. The molecule has 1 N–H and O–H groups in total. The number of hydrogen-bond donors (Lipinski definition) is 1. The Morgan fingerprint density at radius 3 is 2.38 bits per heavy atom. The molecule has 1 rings (SSSR count). The average molecular weight is 181 g/mol. The number of carboxylic acid groups (broad SMARTS) is 1. The van der Waals surface area contributed by atoms with Crippen LogP contribution in [0, 0.1) is 0 Å². The van der Waals surface area contributed by atoms with Gasteiger partial charge in [0.2, 0.25) is 5.83 Å². The van der Waals surface area contributed by atoms with E-state index in [0.29, 0.717) is 5.56 Å². The molecule has 0 saturated heterocycles. The molecule has 0 fully saturated rings. The molecule has 0 aromatic heterocycles. The van der Waals surface area contributed by atoms with Gasteiger partial charge in [-0.3, -0.25) is 0 Å². The minimum absolute atomic E-state index is 0.201. The highest BCUT2D eigenvalue weighted by atomic mass is 19.1. The summed E-state index contributed by atoms with van der Waals surface area (Å²) in [5, 5.41) is 18.8. The lowest BCUT2D eigenvalue weighted by atomic mass is 10.2. The third-order valence-corrected chi connectivity index (χ3v) is 1.38. The van der Waals surface area contributed by atoms with E-state index in [2.05, 4.69) is 0 Å². The zero-order valence-electron chi connectivity index (χ0n) is 6.53. The van der Waals surface area contributed by atoms with E-state index in [4.69, 9.17) is 5.11 Å². The first-order valence-corrected chi connectivity index (χ1v) is 3.47. The van der Waals surface area contributed by atoms with Gasteiger partial charge in [-0.05, 0) is 11.6 Å². The molecule has 0 saturated carbocycles. The Hall–Kier alpha value is -1.84. The third kappa shape index (κ3) is 2.59. The van der Waals surface area contributed by atoms with E-state index in [0.717, 1.165) is 6.08 Å². The summed E-state index contributed by atoms with van der Waals surface area (Å²) in [6.45, 7) is 0. The second kappa shape index (κ2) is 3.71. The van der Waals surface area contributed by atoms with Crippen LogP contribution in [-0.4, -0.2) is 11.1 Å². The van der Waals surface area contributed by atoms with Gasteiger partial charge in [-0.1, -0.05) is 24.3 Å². The number of aliphatic carboxylic acids is 1. The molecule has 0 amide bonds. The first kappa shape index (κ1) is 9.25. The average Bonchev–Trinajstić information content (AvgIpc) is 2.08. The molecule has 1 aromatic carbocycles. The molecule has 4 heteroatoms. The van der Waals surface area contributed by atoms with E-state index < -0.39 is 11.8 Å². The number of rotatable bonds is 2. The first-order chi connectivity index (χ1) is 6.09. The van der Waals surface area contributed by atoms with Crippen LogP contribution in [0.3, 0.4) is 0 Å². The van der Waals surface area contributed by atoms with E-state index >= 15 is 0 Å². The summed E-state index contributed by atoms with van der Waals surface area (Å²) >= 11 is 0. The fourth-order valence-electron chi connectivity index (χ4n) is 0.772. The van der Waals surface area contributed by atoms with Crippen LogP contribution < -0.4 is 5.11 Å². The fourth-order valence-corrected chi connectivity index (χ4v) is 0.772. The first-order valence-electron chi connectivity index (χ1n) is 3.47. The summed E-state index contributed by atoms with van der Waals surface area (Å²) in [5.74, 6) is -3.07. The molecule has 3 nitrogen and oxygen atoms in total. The SMILES string of the molecule is O=C(O)/C(F)=C/c1ccc([O-])cc1. The van der Waals surface area contributed by atoms with E-state index in [1.807, 2.05) is 0 Å². The molecular formula is C9H6FO3-. The maximum atomic E-state index is 12.5. The number of benzene rings is 1. The predicted molar refractivity (Wildman–Crippen MR) is 42.6 cm³/mol. The van der Waals surface area contributed by atoms with Gasteiger partial charge in [-0.15, -0.1) is 5.75 Å². The molecule has 0 radical (unpaired) electrons. The van der Waals surface area contributed by atoms with E-state index in [-0.39, 0.29) is 5.75 Å². The highest BCUT2D eigenvalue weighted by Crippen LogP contribution is 2.11. The van der Waals surface area contributed by atoms with Crippen molar-refractivity contribution >= 4 is 12.0 Å². The number of hydrogen-bond acceptors (Lipinski definition) is 2. The van der Waals surface area contributed by atoms with Gasteiger partial charge in [0.1, 0.15) is 0 Å². The Morgan fingerprint density at radius 1 is 1.38 bits per heavy atom. The molecule has 1 aromatic rings. The minimum atomic E-state index is -1.62. The zero-order chi connectivity index (χ0) is 9.84. The molecular weight excluding hydrogens is 175 g/mol. The van der Waals surface area contributed by atoms with Crippen molar-refractivity contribution in [1.82, 2.24) is 0 Å². The van der Waals surface area contributed by atoms with Crippen molar-refractivity contribution in [3.63, 3.8) is 0 Å². The molecule has 0 aliphatic heterocycles. The number of carboxylic acids is 1. The summed E-state index contributed by atoms with van der Waals surface area (Å²) in [6.07, 6.45) is 0.849. The van der Waals surface area contributed by atoms with Crippen LogP contribution in [0.2, 0.25) is 0 Å². The van der Waals surface area contributed by atoms with Gasteiger partial charge in [0.25, 0.3) is 0 Å². The van der Waals surface area contributed by atoms with Crippen LogP contribution in [0.1, 0.15) is 5.56 Å². The standard InChI is InChI=1S/C9H7FO3/c10-8(9(12)13)5-6-1-3-7(11)4-2-6/h1-5,11H,(H,12,13)/p-1/b8-5-. The monoisotopic (exact) mass is 181 g/mol. The van der Waals surface area contributed by atoms with Gasteiger partial charge in [0, 0.05) is 0 Å². The third-order valence-electron chi connectivity index (χ3n) is 1.38. The molecule has 0 aliphatic rings. The van der Waals surface area contributed by atoms with Crippen molar-refractivity contribution in [3.05, 3.63) is 35.7 Å². The van der Waals surface area contributed by atoms with Crippen molar-refractivity contribution in [1.29, 1.82) is 0 Å². The summed E-state index contributed by atoms with van der Waals surface area (Å²) in [5.41, 5.74) is 0.347. The van der Waals surface area contributed by atoms with Gasteiger partial charge in [-0.25, -0.2) is 4.79 Å². The predicted octanol–water partition coefficient (Wildman–Crippen LogP) is 1.16. The Morgan fingerprint density at radius 2 is 1.92 bits per heavy atom. The second-order valence-corrected chi connectivity index (χ2v) is 2.37. The molecule has 68 valence electrons. The van der Waals surface area contributed by atoms with Gasteiger partial charge in [0.15, 0.2) is 0 Å². The van der Waals surface area contributed by atoms with Crippen LogP contribution in [0.15, 0.2) is 30.1 Å². The van der Waals surface area contributed by atoms with Crippen LogP contribution in [0.5, 0.6) is 5.75 Å².